The van der Waals surface area contributed by atoms with Gasteiger partial charge in [-0.05, 0) is 38.2 Å². The Labute approximate surface area is 223 Å². The Morgan fingerprint density at radius 1 is 1.34 bits per heavy atom. The van der Waals surface area contributed by atoms with Crippen LogP contribution < -0.4 is 10.1 Å². The number of hydrogen-bond acceptors (Lipinski definition) is 10. The van der Waals surface area contributed by atoms with Gasteiger partial charge in [0.1, 0.15) is 12.4 Å². The minimum absolute atomic E-state index is 0.110. The molecule has 38 heavy (non-hydrogen) atoms. The summed E-state index contributed by atoms with van der Waals surface area (Å²) in [6.07, 6.45) is 1.36. The summed E-state index contributed by atoms with van der Waals surface area (Å²) in [5.74, 6) is -2.86. The number of benzene rings is 1. The molecule has 0 saturated carbocycles. The van der Waals surface area contributed by atoms with E-state index in [1.54, 1.807) is 32.0 Å². The number of aliphatic hydroxyl groups is 2. The predicted octanol–water partition coefficient (Wildman–Crippen LogP) is 2.70. The topological polar surface area (TPSA) is 149 Å². The smallest absolute Gasteiger partial charge is 0.380 e. The maximum atomic E-state index is 16.0. The molecule has 11 nitrogen and oxygen atoms in total. The third-order valence-corrected chi connectivity index (χ3v) is 7.86. The second kappa shape index (κ2) is 11.5. The van der Waals surface area contributed by atoms with Crippen LogP contribution in [0.2, 0.25) is 0 Å². The molecule has 3 rings (SSSR count). The molecule has 6 atom stereocenters. The predicted molar refractivity (Wildman–Crippen MR) is 136 cm³/mol. The van der Waals surface area contributed by atoms with Crippen LogP contribution >= 0.6 is 19.8 Å². The van der Waals surface area contributed by atoms with Crippen molar-refractivity contribution in [2.24, 2.45) is 5.92 Å². The van der Waals surface area contributed by atoms with E-state index in [0.29, 0.717) is 0 Å². The van der Waals surface area contributed by atoms with E-state index in [-0.39, 0.29) is 10.5 Å². The van der Waals surface area contributed by atoms with Crippen molar-refractivity contribution < 1.29 is 42.5 Å². The number of carbonyl (C=O) groups is 1. The Hall–Kier alpha value is -2.85. The fraction of sp³-hybridized carbons (Fsp3) is 0.458. The summed E-state index contributed by atoms with van der Waals surface area (Å²) in [6.45, 7) is 3.50. The van der Waals surface area contributed by atoms with Gasteiger partial charge in [-0.2, -0.15) is 0 Å². The SMILES string of the molecule is C#CC1(O)[C@@H](O)[C@@](F)(COP(=O)(C[C@@H](C)C(=O)OC(C)C)Oc2ccccc2)O[C@H]1n1ccc(=O)[nH]c1=S. The van der Waals surface area contributed by atoms with Crippen LogP contribution in [0.15, 0.2) is 47.4 Å². The van der Waals surface area contributed by atoms with Crippen molar-refractivity contribution in [2.75, 3.05) is 12.8 Å². The Bertz CT molecular complexity index is 1360. The van der Waals surface area contributed by atoms with E-state index >= 15 is 4.39 Å². The third kappa shape index (κ3) is 6.40. The molecule has 0 amide bonds. The lowest BCUT2D eigenvalue weighted by atomic mass is 9.94. The van der Waals surface area contributed by atoms with Crippen molar-refractivity contribution in [3.63, 3.8) is 0 Å². The molecule has 2 unspecified atom stereocenters. The Balaban J connectivity index is 1.90. The number of aromatic nitrogens is 2. The van der Waals surface area contributed by atoms with Gasteiger partial charge in [0, 0.05) is 12.3 Å². The summed E-state index contributed by atoms with van der Waals surface area (Å²) in [6, 6.07) is 8.86. The molecule has 1 fully saturated rings. The maximum absolute atomic E-state index is 16.0. The zero-order valence-corrected chi connectivity index (χ0v) is 22.5. The highest BCUT2D eigenvalue weighted by molar-refractivity contribution is 7.71. The Morgan fingerprint density at radius 3 is 2.58 bits per heavy atom. The monoisotopic (exact) mass is 570 g/mol. The van der Waals surface area contributed by atoms with Gasteiger partial charge >= 0.3 is 13.6 Å². The minimum Gasteiger partial charge on any atom is -0.463 e. The molecule has 3 N–H and O–H groups in total. The molecule has 0 radical (unpaired) electrons. The normalized spacial score (nSPS) is 27.3. The second-order valence-corrected chi connectivity index (χ2v) is 11.4. The Morgan fingerprint density at radius 2 is 2.00 bits per heavy atom. The van der Waals surface area contributed by atoms with Gasteiger partial charge < -0.3 is 24.2 Å². The largest absolute Gasteiger partial charge is 0.463 e. The number of halogens is 1. The number of terminal acetylenes is 1. The van der Waals surface area contributed by atoms with E-state index in [1.807, 2.05) is 5.92 Å². The molecule has 1 aromatic heterocycles. The minimum atomic E-state index is -4.31. The van der Waals surface area contributed by atoms with Crippen molar-refractivity contribution >= 4 is 25.8 Å². The van der Waals surface area contributed by atoms with Crippen LogP contribution in [0.5, 0.6) is 5.75 Å². The van der Waals surface area contributed by atoms with Crippen LogP contribution in [0.3, 0.4) is 0 Å². The quantitative estimate of drug-likeness (QED) is 0.168. The number of rotatable bonds is 10. The van der Waals surface area contributed by atoms with Crippen molar-refractivity contribution in [1.82, 2.24) is 9.55 Å². The van der Waals surface area contributed by atoms with Crippen LogP contribution in [-0.4, -0.2) is 62.2 Å². The molecule has 14 heteroatoms. The number of alkyl halides is 1. The number of H-pyrrole nitrogens is 1. The van der Waals surface area contributed by atoms with Crippen LogP contribution in [0.1, 0.15) is 27.0 Å². The molecule has 2 heterocycles. The number of aliphatic hydroxyl groups excluding tert-OH is 1. The van der Waals surface area contributed by atoms with Crippen LogP contribution in [0.4, 0.5) is 4.39 Å². The van der Waals surface area contributed by atoms with E-state index in [0.717, 1.165) is 16.8 Å². The summed E-state index contributed by atoms with van der Waals surface area (Å²) >= 11 is 5.04. The van der Waals surface area contributed by atoms with E-state index in [2.05, 4.69) is 4.98 Å². The molecule has 0 spiro atoms. The van der Waals surface area contributed by atoms with E-state index in [9.17, 15) is 24.4 Å². The van der Waals surface area contributed by atoms with Crippen LogP contribution in [-0.2, 0) is 23.4 Å². The van der Waals surface area contributed by atoms with Crippen LogP contribution in [0.25, 0.3) is 0 Å². The Kier molecular flexibility index (Phi) is 8.98. The molecule has 0 aliphatic carbocycles. The van der Waals surface area contributed by atoms with E-state index < -0.39 is 67.7 Å². The van der Waals surface area contributed by atoms with Crippen LogP contribution in [0, 0.1) is 23.0 Å². The average molecular weight is 571 g/mol. The first-order chi connectivity index (χ1) is 17.7. The zero-order valence-electron chi connectivity index (χ0n) is 20.8. The van der Waals surface area contributed by atoms with Gasteiger partial charge in [0.15, 0.2) is 17.1 Å². The lowest BCUT2D eigenvalue weighted by Crippen LogP contribution is -2.50. The van der Waals surface area contributed by atoms with Gasteiger partial charge in [-0.15, -0.1) is 6.42 Å². The molecular weight excluding hydrogens is 542 g/mol. The van der Waals surface area contributed by atoms with Gasteiger partial charge in [-0.3, -0.25) is 23.7 Å². The molecule has 2 aromatic rings. The van der Waals surface area contributed by atoms with Gasteiger partial charge in [-0.25, -0.2) is 8.96 Å². The van der Waals surface area contributed by atoms with Crippen molar-refractivity contribution in [3.05, 3.63) is 57.7 Å². The first-order valence-electron chi connectivity index (χ1n) is 11.5. The summed E-state index contributed by atoms with van der Waals surface area (Å²) in [7, 11) is -4.31. The molecule has 1 aliphatic rings. The fourth-order valence-electron chi connectivity index (χ4n) is 3.65. The number of carbonyl (C=O) groups excluding carboxylic acids is 1. The van der Waals surface area contributed by atoms with Gasteiger partial charge in [0.05, 0.1) is 18.2 Å². The average Bonchev–Trinajstić information content (AvgIpc) is 3.05. The highest BCUT2D eigenvalue weighted by atomic mass is 32.1. The van der Waals surface area contributed by atoms with Gasteiger partial charge in [0.25, 0.3) is 11.4 Å². The summed E-state index contributed by atoms with van der Waals surface area (Å²) in [5.41, 5.74) is -3.25. The zero-order chi connectivity index (χ0) is 28.3. The second-order valence-electron chi connectivity index (χ2n) is 9.00. The summed E-state index contributed by atoms with van der Waals surface area (Å²) < 4.78 is 51.8. The number of nitrogens with one attached hydrogen (secondary N) is 1. The molecule has 1 aliphatic heterocycles. The van der Waals surface area contributed by atoms with Crippen molar-refractivity contribution in [1.29, 1.82) is 0 Å². The lowest BCUT2D eigenvalue weighted by molar-refractivity contribution is -0.203. The number of aromatic amines is 1. The highest BCUT2D eigenvalue weighted by Gasteiger charge is 2.65. The number of para-hydroxylation sites is 1. The number of nitrogens with zero attached hydrogens (tertiary/aromatic N) is 1. The fourth-order valence-corrected chi connectivity index (χ4v) is 5.78. The highest BCUT2D eigenvalue weighted by Crippen LogP contribution is 2.53. The van der Waals surface area contributed by atoms with E-state index in [4.69, 9.17) is 37.2 Å². The molecule has 1 aromatic carbocycles. The van der Waals surface area contributed by atoms with E-state index in [1.165, 1.54) is 19.1 Å². The molecule has 1 saturated heterocycles. The van der Waals surface area contributed by atoms with Crippen molar-refractivity contribution in [3.8, 4) is 18.1 Å². The van der Waals surface area contributed by atoms with Crippen molar-refractivity contribution in [2.45, 2.75) is 50.7 Å². The molecular formula is C24H28FN2O9PS. The van der Waals surface area contributed by atoms with Gasteiger partial charge in [0.2, 0.25) is 5.60 Å². The maximum Gasteiger partial charge on any atom is 0.380 e. The number of hydrogen-bond donors (Lipinski definition) is 3. The van der Waals surface area contributed by atoms with Gasteiger partial charge in [-0.1, -0.05) is 31.0 Å². The summed E-state index contributed by atoms with van der Waals surface area (Å²) in [5, 5.41) is 21.7. The third-order valence-electron chi connectivity index (χ3n) is 5.54. The molecule has 0 bridgehead atoms. The lowest BCUT2D eigenvalue weighted by Gasteiger charge is -2.28. The number of ether oxygens (including phenoxy) is 2. The standard InChI is InChI=1S/C24H28FN2O9PS/c1-5-23(31)20(30)24(25,35-21(23)27-12-11-18(28)26-22(27)38)14-33-37(32,36-17-9-7-6-8-10-17)13-16(4)19(29)34-15(2)3/h1,6-12,15-16,20-21,30-31H,13-14H2,2-4H3,(H,26,28,38)/t16-,20-,21-,23?,24-,37?/m1/s1. The first-order valence-corrected chi connectivity index (χ1v) is 13.6. The molecule has 206 valence electrons. The first kappa shape index (κ1) is 29.7. The summed E-state index contributed by atoms with van der Waals surface area (Å²) in [4.78, 5) is 26.2. The number of esters is 1.